The Kier molecular flexibility index (Phi) is 5.20. The largest absolute Gasteiger partial charge is 0.328 e. The minimum Gasteiger partial charge on any atom is -0.322 e. The number of aromatic amines is 1. The van der Waals surface area contributed by atoms with Gasteiger partial charge >= 0.3 is 5.69 Å². The molecule has 8 heteroatoms. The summed E-state index contributed by atoms with van der Waals surface area (Å²) < 4.78 is 0.905. The Hall–Kier alpha value is -3.63. The zero-order chi connectivity index (χ0) is 19.4. The molecule has 0 bridgehead atoms. The minimum atomic E-state index is -0.743. The number of hydrogen-bond acceptors (Lipinski definition) is 4. The third kappa shape index (κ3) is 3.97. The molecule has 0 saturated heterocycles. The highest BCUT2D eigenvalue weighted by Gasteiger charge is 2.16. The maximum absolute atomic E-state index is 12.6. The fourth-order valence-electron chi connectivity index (χ4n) is 2.48. The highest BCUT2D eigenvalue weighted by atomic mass is 35.5. The summed E-state index contributed by atoms with van der Waals surface area (Å²) in [7, 11) is 0. The van der Waals surface area contributed by atoms with Crippen molar-refractivity contribution < 1.29 is 4.79 Å². The SMILES string of the molecule is N#Cc1cccc(NC(=O)c2c[nH]c(=O)n(Cc3ccccc3Cl)c2=O)c1. The number of hydrogen-bond donors (Lipinski definition) is 2. The molecule has 3 aromatic rings. The number of H-pyrrole nitrogens is 1. The molecule has 0 spiro atoms. The Morgan fingerprint density at radius 2 is 1.96 bits per heavy atom. The van der Waals surface area contributed by atoms with Crippen molar-refractivity contribution in [2.75, 3.05) is 5.32 Å². The molecule has 3 rings (SSSR count). The lowest BCUT2D eigenvalue weighted by molar-refractivity contribution is 0.102. The highest BCUT2D eigenvalue weighted by molar-refractivity contribution is 6.31. The topological polar surface area (TPSA) is 108 Å². The van der Waals surface area contributed by atoms with Crippen LogP contribution in [-0.2, 0) is 6.54 Å². The van der Waals surface area contributed by atoms with Crippen molar-refractivity contribution in [2.45, 2.75) is 6.54 Å². The number of nitrogens with zero attached hydrogens (tertiary/aromatic N) is 2. The van der Waals surface area contributed by atoms with E-state index < -0.39 is 17.2 Å². The minimum absolute atomic E-state index is 0.0706. The molecular weight excluding hydrogens is 368 g/mol. The van der Waals surface area contributed by atoms with E-state index in [0.29, 0.717) is 21.8 Å². The molecule has 0 aliphatic heterocycles. The molecule has 0 radical (unpaired) electrons. The fourth-order valence-corrected chi connectivity index (χ4v) is 2.67. The first kappa shape index (κ1) is 18.2. The van der Waals surface area contributed by atoms with Crippen molar-refractivity contribution in [1.82, 2.24) is 9.55 Å². The second-order valence-electron chi connectivity index (χ2n) is 5.64. The average Bonchev–Trinajstić information content (AvgIpc) is 2.66. The summed E-state index contributed by atoms with van der Waals surface area (Å²) in [6.45, 7) is -0.0706. The third-order valence-corrected chi connectivity index (χ3v) is 4.21. The molecular formula is C19H13ClN4O3. The summed E-state index contributed by atoms with van der Waals surface area (Å²) in [4.78, 5) is 39.6. The lowest BCUT2D eigenvalue weighted by Crippen LogP contribution is -2.39. The van der Waals surface area contributed by atoms with E-state index in [9.17, 15) is 14.4 Å². The maximum atomic E-state index is 12.6. The zero-order valence-electron chi connectivity index (χ0n) is 13.9. The lowest BCUT2D eigenvalue weighted by Gasteiger charge is -2.09. The van der Waals surface area contributed by atoms with Crippen LogP contribution in [0.15, 0.2) is 64.3 Å². The Morgan fingerprint density at radius 3 is 2.70 bits per heavy atom. The van der Waals surface area contributed by atoms with Gasteiger partial charge in [-0.15, -0.1) is 0 Å². The van der Waals surface area contributed by atoms with Crippen molar-refractivity contribution >= 4 is 23.2 Å². The predicted molar refractivity (Wildman–Crippen MR) is 101 cm³/mol. The second kappa shape index (κ2) is 7.72. The molecule has 1 amide bonds. The van der Waals surface area contributed by atoms with E-state index >= 15 is 0 Å². The lowest BCUT2D eigenvalue weighted by atomic mass is 10.2. The molecule has 2 aromatic carbocycles. The van der Waals surface area contributed by atoms with E-state index in [4.69, 9.17) is 16.9 Å². The molecule has 27 heavy (non-hydrogen) atoms. The van der Waals surface area contributed by atoms with E-state index in [1.165, 1.54) is 6.07 Å². The van der Waals surface area contributed by atoms with E-state index in [2.05, 4.69) is 10.3 Å². The van der Waals surface area contributed by atoms with Crippen LogP contribution in [0.2, 0.25) is 5.02 Å². The second-order valence-corrected chi connectivity index (χ2v) is 6.04. The summed E-state index contributed by atoms with van der Waals surface area (Å²) in [6, 6.07) is 15.0. The number of rotatable bonds is 4. The first-order chi connectivity index (χ1) is 13.0. The van der Waals surface area contributed by atoms with Crippen LogP contribution in [0.3, 0.4) is 0 Å². The van der Waals surface area contributed by atoms with E-state index in [-0.39, 0.29) is 12.1 Å². The Balaban J connectivity index is 1.94. The summed E-state index contributed by atoms with van der Waals surface area (Å²) in [6.07, 6.45) is 1.07. The monoisotopic (exact) mass is 380 g/mol. The molecule has 0 fully saturated rings. The molecule has 0 aliphatic rings. The average molecular weight is 381 g/mol. The van der Waals surface area contributed by atoms with Crippen LogP contribution < -0.4 is 16.6 Å². The van der Waals surface area contributed by atoms with Crippen molar-refractivity contribution in [3.63, 3.8) is 0 Å². The molecule has 134 valence electrons. The highest BCUT2D eigenvalue weighted by Crippen LogP contribution is 2.15. The van der Waals surface area contributed by atoms with Gasteiger partial charge in [0.25, 0.3) is 11.5 Å². The molecule has 2 N–H and O–H groups in total. The van der Waals surface area contributed by atoms with Gasteiger partial charge in [-0.05, 0) is 29.8 Å². The first-order valence-corrected chi connectivity index (χ1v) is 8.25. The van der Waals surface area contributed by atoms with Crippen molar-refractivity contribution in [3.05, 3.63) is 97.3 Å². The molecule has 0 saturated carbocycles. The van der Waals surface area contributed by atoms with Gasteiger partial charge in [0, 0.05) is 16.9 Å². The molecule has 1 aromatic heterocycles. The molecule has 7 nitrogen and oxygen atoms in total. The number of halogens is 1. The van der Waals surface area contributed by atoms with Crippen LogP contribution in [0.5, 0.6) is 0 Å². The van der Waals surface area contributed by atoms with Gasteiger partial charge in [-0.1, -0.05) is 35.9 Å². The third-order valence-electron chi connectivity index (χ3n) is 3.84. The summed E-state index contributed by atoms with van der Waals surface area (Å²) in [5.41, 5.74) is -0.321. The number of aromatic nitrogens is 2. The van der Waals surface area contributed by atoms with Crippen LogP contribution in [-0.4, -0.2) is 15.5 Å². The normalized spacial score (nSPS) is 10.2. The molecule has 0 unspecified atom stereocenters. The van der Waals surface area contributed by atoms with Crippen LogP contribution >= 0.6 is 11.6 Å². The number of carbonyl (C=O) groups excluding carboxylic acids is 1. The Labute approximate surface area is 158 Å². The quantitative estimate of drug-likeness (QED) is 0.724. The standard InChI is InChI=1S/C19H13ClN4O3/c20-16-7-2-1-5-13(16)11-24-18(26)15(10-22-19(24)27)17(25)23-14-6-3-4-12(8-14)9-21/h1-8,10H,11H2,(H,22,27)(H,23,25). The number of anilines is 1. The van der Waals surface area contributed by atoms with Crippen LogP contribution in [0.25, 0.3) is 0 Å². The molecule has 0 atom stereocenters. The van der Waals surface area contributed by atoms with Crippen molar-refractivity contribution in [3.8, 4) is 6.07 Å². The fraction of sp³-hybridized carbons (Fsp3) is 0.0526. The van der Waals surface area contributed by atoms with E-state index in [1.54, 1.807) is 42.5 Å². The number of nitrogens with one attached hydrogen (secondary N) is 2. The van der Waals surface area contributed by atoms with Gasteiger partial charge in [-0.25, -0.2) is 4.79 Å². The van der Waals surface area contributed by atoms with Crippen LogP contribution in [0.4, 0.5) is 5.69 Å². The van der Waals surface area contributed by atoms with Gasteiger partial charge in [-0.3, -0.25) is 14.2 Å². The first-order valence-electron chi connectivity index (χ1n) is 7.87. The maximum Gasteiger partial charge on any atom is 0.328 e. The van der Waals surface area contributed by atoms with Gasteiger partial charge in [0.05, 0.1) is 18.2 Å². The molecule has 1 heterocycles. The predicted octanol–water partition coefficient (Wildman–Crippen LogP) is 2.36. The van der Waals surface area contributed by atoms with Crippen molar-refractivity contribution in [2.24, 2.45) is 0 Å². The Bertz CT molecular complexity index is 1170. The number of carbonyl (C=O) groups is 1. The summed E-state index contributed by atoms with van der Waals surface area (Å²) >= 11 is 6.08. The van der Waals surface area contributed by atoms with Gasteiger partial charge in [0.1, 0.15) is 5.56 Å². The number of benzene rings is 2. The van der Waals surface area contributed by atoms with Crippen molar-refractivity contribution in [1.29, 1.82) is 5.26 Å². The van der Waals surface area contributed by atoms with Gasteiger partial charge in [0.2, 0.25) is 0 Å². The van der Waals surface area contributed by atoms with Gasteiger partial charge < -0.3 is 10.3 Å². The zero-order valence-corrected chi connectivity index (χ0v) is 14.7. The summed E-state index contributed by atoms with van der Waals surface area (Å²) in [5, 5.41) is 11.9. The number of nitriles is 1. The van der Waals surface area contributed by atoms with E-state index in [1.807, 2.05) is 6.07 Å². The van der Waals surface area contributed by atoms with Crippen LogP contribution in [0, 0.1) is 11.3 Å². The van der Waals surface area contributed by atoms with Crippen LogP contribution in [0.1, 0.15) is 21.5 Å². The number of amides is 1. The molecule has 0 aliphatic carbocycles. The Morgan fingerprint density at radius 1 is 1.19 bits per heavy atom. The smallest absolute Gasteiger partial charge is 0.322 e. The van der Waals surface area contributed by atoms with Gasteiger partial charge in [-0.2, -0.15) is 5.26 Å². The summed E-state index contributed by atoms with van der Waals surface area (Å²) in [5.74, 6) is -0.695. The van der Waals surface area contributed by atoms with Gasteiger partial charge in [0.15, 0.2) is 0 Å². The van der Waals surface area contributed by atoms with E-state index in [0.717, 1.165) is 10.8 Å².